The van der Waals surface area contributed by atoms with Crippen LogP contribution in [0, 0.1) is 0 Å². The van der Waals surface area contributed by atoms with Crippen molar-refractivity contribution in [2.24, 2.45) is 0 Å². The number of hydrogen-bond donors (Lipinski definition) is 2. The second-order valence-corrected chi connectivity index (χ2v) is 5.99. The van der Waals surface area contributed by atoms with Crippen LogP contribution in [0.25, 0.3) is 11.3 Å². The maximum atomic E-state index is 9.25. The molecule has 0 aliphatic heterocycles. The third-order valence-electron chi connectivity index (χ3n) is 2.76. The lowest BCUT2D eigenvalue weighted by molar-refractivity contribution is 0.475. The zero-order valence-corrected chi connectivity index (χ0v) is 14.9. The molecule has 0 bridgehead atoms. The summed E-state index contributed by atoms with van der Waals surface area (Å²) >= 11 is 4.97. The molecular formula is C15H12Br2N2OS. The van der Waals surface area contributed by atoms with Crippen LogP contribution < -0.4 is 5.32 Å². The van der Waals surface area contributed by atoms with E-state index < -0.39 is 0 Å². The van der Waals surface area contributed by atoms with E-state index in [2.05, 4.69) is 26.2 Å². The first kappa shape index (κ1) is 16.0. The molecule has 0 saturated carbocycles. The first-order valence-electron chi connectivity index (χ1n) is 5.98. The maximum absolute atomic E-state index is 9.25. The molecule has 1 aromatic heterocycles. The van der Waals surface area contributed by atoms with Crippen LogP contribution in [0.5, 0.6) is 5.75 Å². The minimum absolute atomic E-state index is 0. The van der Waals surface area contributed by atoms with Crippen molar-refractivity contribution in [1.82, 2.24) is 4.98 Å². The van der Waals surface area contributed by atoms with Crippen molar-refractivity contribution >= 4 is 55.1 Å². The number of phenols is 1. The monoisotopic (exact) mass is 426 g/mol. The van der Waals surface area contributed by atoms with E-state index in [1.54, 1.807) is 23.5 Å². The van der Waals surface area contributed by atoms with Gasteiger partial charge < -0.3 is 10.4 Å². The van der Waals surface area contributed by atoms with Crippen LogP contribution in [0.15, 0.2) is 58.4 Å². The molecule has 0 saturated heterocycles. The zero-order chi connectivity index (χ0) is 13.9. The van der Waals surface area contributed by atoms with Crippen LogP contribution in [-0.4, -0.2) is 10.1 Å². The molecule has 3 nitrogen and oxygen atoms in total. The maximum Gasteiger partial charge on any atom is 0.187 e. The largest absolute Gasteiger partial charge is 0.508 e. The lowest BCUT2D eigenvalue weighted by Crippen LogP contribution is -1.88. The molecule has 0 spiro atoms. The van der Waals surface area contributed by atoms with Gasteiger partial charge in [-0.1, -0.05) is 28.1 Å². The summed E-state index contributed by atoms with van der Waals surface area (Å²) in [5, 5.41) is 15.3. The Morgan fingerprint density at radius 2 is 1.67 bits per heavy atom. The van der Waals surface area contributed by atoms with Gasteiger partial charge >= 0.3 is 0 Å². The van der Waals surface area contributed by atoms with Crippen LogP contribution in [0.2, 0.25) is 0 Å². The van der Waals surface area contributed by atoms with Crippen molar-refractivity contribution in [2.45, 2.75) is 0 Å². The Hall–Kier alpha value is -1.37. The molecule has 2 N–H and O–H groups in total. The minimum Gasteiger partial charge on any atom is -0.508 e. The van der Waals surface area contributed by atoms with Crippen LogP contribution in [0.1, 0.15) is 0 Å². The fourth-order valence-corrected chi connectivity index (χ4v) is 2.76. The molecule has 0 aliphatic rings. The van der Waals surface area contributed by atoms with Crippen LogP contribution >= 0.6 is 44.2 Å². The summed E-state index contributed by atoms with van der Waals surface area (Å²) in [6.07, 6.45) is 0. The molecule has 0 aliphatic carbocycles. The van der Waals surface area contributed by atoms with Crippen molar-refractivity contribution in [3.8, 4) is 17.0 Å². The number of rotatable bonds is 3. The number of anilines is 2. The first-order valence-corrected chi connectivity index (χ1v) is 7.65. The second-order valence-electron chi connectivity index (χ2n) is 4.22. The Kier molecular flexibility index (Phi) is 5.39. The Morgan fingerprint density at radius 3 is 2.33 bits per heavy atom. The predicted molar refractivity (Wildman–Crippen MR) is 97.0 cm³/mol. The number of aromatic hydroxyl groups is 1. The van der Waals surface area contributed by atoms with Crippen LogP contribution in [0.4, 0.5) is 10.8 Å². The van der Waals surface area contributed by atoms with Gasteiger partial charge in [0.1, 0.15) is 5.75 Å². The average molecular weight is 428 g/mol. The topological polar surface area (TPSA) is 45.1 Å². The molecule has 0 unspecified atom stereocenters. The fraction of sp³-hybridized carbons (Fsp3) is 0. The lowest BCUT2D eigenvalue weighted by Gasteiger charge is -2.02. The number of phenolic OH excluding ortho intramolecular Hbond substituents is 1. The molecule has 21 heavy (non-hydrogen) atoms. The van der Waals surface area contributed by atoms with Gasteiger partial charge in [-0.05, 0) is 36.4 Å². The molecule has 2 aromatic carbocycles. The van der Waals surface area contributed by atoms with Gasteiger partial charge in [0.05, 0.1) is 5.69 Å². The van der Waals surface area contributed by atoms with Crippen LogP contribution in [-0.2, 0) is 0 Å². The van der Waals surface area contributed by atoms with Gasteiger partial charge in [0.15, 0.2) is 5.13 Å². The highest BCUT2D eigenvalue weighted by Gasteiger charge is 2.05. The summed E-state index contributed by atoms with van der Waals surface area (Å²) in [5.74, 6) is 0.255. The van der Waals surface area contributed by atoms with Gasteiger partial charge in [0, 0.05) is 21.1 Å². The number of halogens is 2. The number of nitrogens with one attached hydrogen (secondary N) is 1. The number of aromatic nitrogens is 1. The van der Waals surface area contributed by atoms with E-state index in [0.29, 0.717) is 0 Å². The average Bonchev–Trinajstić information content (AvgIpc) is 2.91. The number of hydrogen-bond acceptors (Lipinski definition) is 4. The number of benzene rings is 2. The molecular weight excluding hydrogens is 416 g/mol. The SMILES string of the molecule is Br.Oc1ccc(Nc2nc(-c3ccc(Br)cc3)cs2)cc1. The Bertz CT molecular complexity index is 711. The van der Waals surface area contributed by atoms with E-state index in [1.807, 2.05) is 41.8 Å². The van der Waals surface area contributed by atoms with Crippen LogP contribution in [0.3, 0.4) is 0 Å². The molecule has 108 valence electrons. The molecule has 1 heterocycles. The van der Waals surface area contributed by atoms with Crippen molar-refractivity contribution in [3.63, 3.8) is 0 Å². The van der Waals surface area contributed by atoms with Gasteiger partial charge in [-0.25, -0.2) is 4.98 Å². The quantitative estimate of drug-likeness (QED) is 0.534. The highest BCUT2D eigenvalue weighted by Crippen LogP contribution is 2.28. The Balaban J connectivity index is 0.00000161. The summed E-state index contributed by atoms with van der Waals surface area (Å²) in [6, 6.07) is 15.0. The summed E-state index contributed by atoms with van der Waals surface area (Å²) in [5.41, 5.74) is 2.94. The third kappa shape index (κ3) is 4.06. The van der Waals surface area contributed by atoms with E-state index in [-0.39, 0.29) is 22.7 Å². The summed E-state index contributed by atoms with van der Waals surface area (Å²) in [4.78, 5) is 4.56. The summed E-state index contributed by atoms with van der Waals surface area (Å²) in [7, 11) is 0. The van der Waals surface area contributed by atoms with Gasteiger partial charge in [-0.3, -0.25) is 0 Å². The molecule has 3 aromatic rings. The van der Waals surface area contributed by atoms with Crippen molar-refractivity contribution < 1.29 is 5.11 Å². The highest BCUT2D eigenvalue weighted by molar-refractivity contribution is 9.10. The highest BCUT2D eigenvalue weighted by atomic mass is 79.9. The third-order valence-corrected chi connectivity index (χ3v) is 4.05. The molecule has 0 amide bonds. The lowest BCUT2D eigenvalue weighted by atomic mass is 10.2. The van der Waals surface area contributed by atoms with Crippen molar-refractivity contribution in [2.75, 3.05) is 5.32 Å². The van der Waals surface area contributed by atoms with Crippen molar-refractivity contribution in [3.05, 3.63) is 58.4 Å². The number of thiazole rings is 1. The van der Waals surface area contributed by atoms with Gasteiger partial charge in [0.25, 0.3) is 0 Å². The Morgan fingerprint density at radius 1 is 1.00 bits per heavy atom. The minimum atomic E-state index is 0. The Labute approximate surface area is 145 Å². The fourth-order valence-electron chi connectivity index (χ4n) is 1.75. The number of nitrogens with zero attached hydrogens (tertiary/aromatic N) is 1. The van der Waals surface area contributed by atoms with E-state index in [4.69, 9.17) is 0 Å². The molecule has 3 rings (SSSR count). The van der Waals surface area contributed by atoms with Crippen molar-refractivity contribution in [1.29, 1.82) is 0 Å². The van der Waals surface area contributed by atoms with E-state index in [9.17, 15) is 5.11 Å². The smallest absolute Gasteiger partial charge is 0.187 e. The molecule has 0 atom stereocenters. The van der Waals surface area contributed by atoms with E-state index in [0.717, 1.165) is 26.5 Å². The van der Waals surface area contributed by atoms with Gasteiger partial charge in [-0.15, -0.1) is 28.3 Å². The molecule has 6 heteroatoms. The van der Waals surface area contributed by atoms with E-state index in [1.165, 1.54) is 0 Å². The van der Waals surface area contributed by atoms with Gasteiger partial charge in [0.2, 0.25) is 0 Å². The molecule has 0 fully saturated rings. The standard InChI is InChI=1S/C15H11BrN2OS.BrH/c16-11-3-1-10(2-4-11)14-9-20-15(18-14)17-12-5-7-13(19)8-6-12;/h1-9,19H,(H,17,18);1H. The summed E-state index contributed by atoms with van der Waals surface area (Å²) < 4.78 is 1.05. The second kappa shape index (κ2) is 7.06. The van der Waals surface area contributed by atoms with Gasteiger partial charge in [-0.2, -0.15) is 0 Å². The summed E-state index contributed by atoms with van der Waals surface area (Å²) in [6.45, 7) is 0. The molecule has 0 radical (unpaired) electrons. The predicted octanol–water partition coefficient (Wildman–Crippen LogP) is 5.60. The zero-order valence-electron chi connectivity index (χ0n) is 10.8. The van der Waals surface area contributed by atoms with E-state index >= 15 is 0 Å². The first-order chi connectivity index (χ1) is 9.70. The normalized spacial score (nSPS) is 9.95.